The first-order chi connectivity index (χ1) is 10.1. The standard InChI is InChI=1S/C15H13N3O3/c1-17-10-11-2-5-14(6-3-11)21-15-7-4-13(18(19)20)8-12(15)9-16/h2-8,17H,10H2,1H3. The van der Waals surface area contributed by atoms with Gasteiger partial charge < -0.3 is 10.1 Å². The Hall–Kier alpha value is -2.91. The fourth-order valence-corrected chi connectivity index (χ4v) is 1.81. The number of nitro benzene ring substituents is 1. The smallest absolute Gasteiger partial charge is 0.271 e. The van der Waals surface area contributed by atoms with Gasteiger partial charge in [-0.1, -0.05) is 12.1 Å². The highest BCUT2D eigenvalue weighted by molar-refractivity contribution is 5.51. The molecule has 2 aromatic carbocycles. The number of rotatable bonds is 5. The van der Waals surface area contributed by atoms with Crippen molar-refractivity contribution in [2.75, 3.05) is 7.05 Å². The summed E-state index contributed by atoms with van der Waals surface area (Å²) in [5.74, 6) is 0.865. The van der Waals surface area contributed by atoms with Crippen LogP contribution in [0.2, 0.25) is 0 Å². The summed E-state index contributed by atoms with van der Waals surface area (Å²) in [6, 6.07) is 13.2. The summed E-state index contributed by atoms with van der Waals surface area (Å²) >= 11 is 0. The minimum absolute atomic E-state index is 0.128. The molecule has 106 valence electrons. The Kier molecular flexibility index (Phi) is 4.49. The van der Waals surface area contributed by atoms with Gasteiger partial charge in [-0.3, -0.25) is 10.1 Å². The van der Waals surface area contributed by atoms with E-state index < -0.39 is 4.92 Å². The molecular formula is C15H13N3O3. The molecule has 0 saturated heterocycles. The fraction of sp³-hybridized carbons (Fsp3) is 0.133. The van der Waals surface area contributed by atoms with E-state index in [2.05, 4.69) is 5.32 Å². The number of ether oxygens (including phenoxy) is 1. The zero-order valence-electron chi connectivity index (χ0n) is 11.4. The number of non-ortho nitro benzene ring substituents is 1. The first-order valence-electron chi connectivity index (χ1n) is 6.24. The van der Waals surface area contributed by atoms with Gasteiger partial charge in [0.15, 0.2) is 0 Å². The molecule has 0 radical (unpaired) electrons. The van der Waals surface area contributed by atoms with Crippen molar-refractivity contribution in [3.8, 4) is 17.6 Å². The lowest BCUT2D eigenvalue weighted by Crippen LogP contribution is -2.04. The molecule has 0 aliphatic carbocycles. The Morgan fingerprint density at radius 3 is 2.57 bits per heavy atom. The van der Waals surface area contributed by atoms with E-state index in [-0.39, 0.29) is 11.3 Å². The van der Waals surface area contributed by atoms with E-state index in [0.29, 0.717) is 11.5 Å². The van der Waals surface area contributed by atoms with Crippen LogP contribution in [0.4, 0.5) is 5.69 Å². The van der Waals surface area contributed by atoms with Gasteiger partial charge in [0, 0.05) is 18.7 Å². The highest BCUT2D eigenvalue weighted by atomic mass is 16.6. The lowest BCUT2D eigenvalue weighted by atomic mass is 10.2. The SMILES string of the molecule is CNCc1ccc(Oc2ccc([N+](=O)[O-])cc2C#N)cc1. The molecule has 0 heterocycles. The van der Waals surface area contributed by atoms with Gasteiger partial charge in [0.25, 0.3) is 5.69 Å². The molecular weight excluding hydrogens is 270 g/mol. The molecule has 0 fully saturated rings. The molecule has 0 bridgehead atoms. The van der Waals surface area contributed by atoms with Gasteiger partial charge in [0.1, 0.15) is 23.1 Å². The van der Waals surface area contributed by atoms with E-state index in [4.69, 9.17) is 10.00 Å². The van der Waals surface area contributed by atoms with Crippen LogP contribution in [0.15, 0.2) is 42.5 Å². The fourth-order valence-electron chi connectivity index (χ4n) is 1.81. The van der Waals surface area contributed by atoms with Crippen LogP contribution in [0.25, 0.3) is 0 Å². The van der Waals surface area contributed by atoms with Crippen LogP contribution in [0.5, 0.6) is 11.5 Å². The van der Waals surface area contributed by atoms with Crippen LogP contribution in [-0.4, -0.2) is 12.0 Å². The second-order valence-corrected chi connectivity index (χ2v) is 4.33. The van der Waals surface area contributed by atoms with Gasteiger partial charge in [-0.2, -0.15) is 5.26 Å². The molecule has 6 heteroatoms. The predicted octanol–water partition coefficient (Wildman–Crippen LogP) is 2.98. The number of nitrogens with one attached hydrogen (secondary N) is 1. The van der Waals surface area contributed by atoms with E-state index in [0.717, 1.165) is 12.1 Å². The summed E-state index contributed by atoms with van der Waals surface area (Å²) in [7, 11) is 1.86. The van der Waals surface area contributed by atoms with Crippen molar-refractivity contribution in [2.45, 2.75) is 6.54 Å². The minimum atomic E-state index is -0.544. The van der Waals surface area contributed by atoms with Crippen molar-refractivity contribution in [3.05, 3.63) is 63.7 Å². The Balaban J connectivity index is 2.23. The Morgan fingerprint density at radius 1 is 1.29 bits per heavy atom. The molecule has 0 aromatic heterocycles. The molecule has 0 amide bonds. The van der Waals surface area contributed by atoms with Crippen molar-refractivity contribution in [1.29, 1.82) is 5.26 Å². The third-order valence-corrected chi connectivity index (χ3v) is 2.83. The van der Waals surface area contributed by atoms with Crippen molar-refractivity contribution < 1.29 is 9.66 Å². The number of benzene rings is 2. The molecule has 0 aliphatic heterocycles. The Morgan fingerprint density at radius 2 is 2.00 bits per heavy atom. The van der Waals surface area contributed by atoms with E-state index in [9.17, 15) is 10.1 Å². The Bertz CT molecular complexity index is 690. The highest BCUT2D eigenvalue weighted by Gasteiger charge is 2.12. The topological polar surface area (TPSA) is 88.2 Å². The highest BCUT2D eigenvalue weighted by Crippen LogP contribution is 2.28. The summed E-state index contributed by atoms with van der Waals surface area (Å²) in [5.41, 5.74) is 1.10. The summed E-state index contributed by atoms with van der Waals surface area (Å²) < 4.78 is 5.60. The molecule has 2 rings (SSSR count). The average molecular weight is 283 g/mol. The normalized spacial score (nSPS) is 9.90. The molecule has 0 spiro atoms. The number of nitro groups is 1. The maximum absolute atomic E-state index is 10.7. The molecule has 0 unspecified atom stereocenters. The predicted molar refractivity (Wildman–Crippen MR) is 77.1 cm³/mol. The Labute approximate surface area is 121 Å². The first-order valence-corrected chi connectivity index (χ1v) is 6.24. The van der Waals surface area contributed by atoms with Gasteiger partial charge in [-0.05, 0) is 30.8 Å². The van der Waals surface area contributed by atoms with Crippen LogP contribution in [0.1, 0.15) is 11.1 Å². The lowest BCUT2D eigenvalue weighted by molar-refractivity contribution is -0.384. The summed E-state index contributed by atoms with van der Waals surface area (Å²) in [5, 5.41) is 22.8. The summed E-state index contributed by atoms with van der Waals surface area (Å²) in [6.07, 6.45) is 0. The maximum atomic E-state index is 10.7. The van der Waals surface area contributed by atoms with Crippen molar-refractivity contribution in [1.82, 2.24) is 5.32 Å². The van der Waals surface area contributed by atoms with Crippen LogP contribution < -0.4 is 10.1 Å². The molecule has 21 heavy (non-hydrogen) atoms. The molecule has 0 aliphatic rings. The minimum Gasteiger partial charge on any atom is -0.456 e. The van der Waals surface area contributed by atoms with Crippen molar-refractivity contribution >= 4 is 5.69 Å². The summed E-state index contributed by atoms with van der Waals surface area (Å²) in [6.45, 7) is 0.751. The van der Waals surface area contributed by atoms with E-state index in [1.54, 1.807) is 12.1 Å². The molecule has 6 nitrogen and oxygen atoms in total. The summed E-state index contributed by atoms with van der Waals surface area (Å²) in [4.78, 5) is 10.1. The third kappa shape index (κ3) is 3.55. The van der Waals surface area contributed by atoms with Crippen LogP contribution in [0, 0.1) is 21.4 Å². The van der Waals surface area contributed by atoms with Crippen LogP contribution in [0.3, 0.4) is 0 Å². The van der Waals surface area contributed by atoms with Gasteiger partial charge in [0.2, 0.25) is 0 Å². The number of hydrogen-bond donors (Lipinski definition) is 1. The van der Waals surface area contributed by atoms with Crippen molar-refractivity contribution in [3.63, 3.8) is 0 Å². The maximum Gasteiger partial charge on any atom is 0.271 e. The van der Waals surface area contributed by atoms with Gasteiger partial charge in [0.05, 0.1) is 4.92 Å². The largest absolute Gasteiger partial charge is 0.456 e. The third-order valence-electron chi connectivity index (χ3n) is 2.83. The van der Waals surface area contributed by atoms with E-state index in [1.807, 2.05) is 25.2 Å². The molecule has 1 N–H and O–H groups in total. The molecule has 0 atom stereocenters. The zero-order chi connectivity index (χ0) is 15.2. The van der Waals surface area contributed by atoms with Gasteiger partial charge in [-0.25, -0.2) is 0 Å². The zero-order valence-corrected chi connectivity index (χ0v) is 11.4. The quantitative estimate of drug-likeness (QED) is 0.673. The number of nitrogens with zero attached hydrogens (tertiary/aromatic N) is 2. The van der Waals surface area contributed by atoms with Crippen molar-refractivity contribution in [2.24, 2.45) is 0 Å². The number of nitriles is 1. The van der Waals surface area contributed by atoms with Gasteiger partial charge in [-0.15, -0.1) is 0 Å². The van der Waals surface area contributed by atoms with Crippen LogP contribution >= 0.6 is 0 Å². The second-order valence-electron chi connectivity index (χ2n) is 4.33. The molecule has 2 aromatic rings. The second kappa shape index (κ2) is 6.50. The first kappa shape index (κ1) is 14.5. The van der Waals surface area contributed by atoms with Gasteiger partial charge >= 0.3 is 0 Å². The monoisotopic (exact) mass is 283 g/mol. The lowest BCUT2D eigenvalue weighted by Gasteiger charge is -2.08. The van der Waals surface area contributed by atoms with E-state index >= 15 is 0 Å². The van der Waals surface area contributed by atoms with Crippen LogP contribution in [-0.2, 0) is 6.54 Å². The van der Waals surface area contributed by atoms with E-state index in [1.165, 1.54) is 18.2 Å². The number of hydrogen-bond acceptors (Lipinski definition) is 5. The average Bonchev–Trinajstić information content (AvgIpc) is 2.49. The molecule has 0 saturated carbocycles.